The second-order valence-corrected chi connectivity index (χ2v) is 9.41. The Morgan fingerprint density at radius 2 is 1.60 bits per heavy atom. The first kappa shape index (κ1) is 22.1. The van der Waals surface area contributed by atoms with E-state index in [1.54, 1.807) is 66.7 Å². The van der Waals surface area contributed by atoms with E-state index in [2.05, 4.69) is 27.9 Å². The van der Waals surface area contributed by atoms with Gasteiger partial charge in [0.1, 0.15) is 12.3 Å². The number of nitrogens with one attached hydrogen (secondary N) is 1. The number of rotatable bonds is 8. The molecule has 0 heterocycles. The third kappa shape index (κ3) is 5.51. The average Bonchev–Trinajstić information content (AvgIpc) is 2.75. The van der Waals surface area contributed by atoms with Crippen LogP contribution in [0.25, 0.3) is 0 Å². The fourth-order valence-corrected chi connectivity index (χ4v) is 4.58. The molecule has 3 rings (SSSR count). The molecule has 6 nitrogen and oxygen atoms in total. The van der Waals surface area contributed by atoms with E-state index in [0.717, 1.165) is 7.88 Å². The minimum Gasteiger partial charge on any atom is -0.494 e. The van der Waals surface area contributed by atoms with Gasteiger partial charge in [-0.3, -0.25) is 9.10 Å². The first-order valence-corrected chi connectivity index (χ1v) is 11.8. The third-order valence-corrected chi connectivity index (χ3v) is 6.69. The van der Waals surface area contributed by atoms with Crippen LogP contribution >= 0.6 is 22.6 Å². The SMILES string of the molecule is CCOc1ccc(NC(=O)CN(c2ccc(I)cc2)S(=O)(=O)c2ccccc2)cc1. The molecular formula is C22H21IN2O4S. The molecule has 0 aromatic heterocycles. The number of ether oxygens (including phenoxy) is 1. The van der Waals surface area contributed by atoms with Gasteiger partial charge >= 0.3 is 0 Å². The Morgan fingerprint density at radius 3 is 2.20 bits per heavy atom. The van der Waals surface area contributed by atoms with Gasteiger partial charge in [0.25, 0.3) is 10.0 Å². The molecule has 3 aromatic carbocycles. The van der Waals surface area contributed by atoms with E-state index < -0.39 is 15.9 Å². The van der Waals surface area contributed by atoms with Crippen LogP contribution < -0.4 is 14.4 Å². The van der Waals surface area contributed by atoms with Gasteiger partial charge in [-0.1, -0.05) is 18.2 Å². The molecule has 0 aliphatic rings. The molecule has 0 radical (unpaired) electrons. The monoisotopic (exact) mass is 536 g/mol. The maximum atomic E-state index is 13.2. The lowest BCUT2D eigenvalue weighted by molar-refractivity contribution is -0.114. The first-order valence-electron chi connectivity index (χ1n) is 9.26. The standard InChI is InChI=1S/C22H21IN2O4S/c1-2-29-20-14-10-18(11-15-20)24-22(26)16-25(19-12-8-17(23)9-13-19)30(27,28)21-6-4-3-5-7-21/h3-15H,2,16H2,1H3,(H,24,26). The van der Waals surface area contributed by atoms with Gasteiger partial charge in [0, 0.05) is 9.26 Å². The fourth-order valence-electron chi connectivity index (χ4n) is 2.77. The fraction of sp³-hybridized carbons (Fsp3) is 0.136. The van der Waals surface area contributed by atoms with E-state index in [-0.39, 0.29) is 11.4 Å². The number of sulfonamides is 1. The normalized spacial score (nSPS) is 11.0. The smallest absolute Gasteiger partial charge is 0.264 e. The van der Waals surface area contributed by atoms with Crippen LogP contribution in [0.1, 0.15) is 6.92 Å². The van der Waals surface area contributed by atoms with Crippen molar-refractivity contribution in [2.45, 2.75) is 11.8 Å². The quantitative estimate of drug-likeness (QED) is 0.430. The molecule has 0 fully saturated rings. The summed E-state index contributed by atoms with van der Waals surface area (Å²) in [6.45, 7) is 2.08. The minimum atomic E-state index is -3.92. The molecule has 30 heavy (non-hydrogen) atoms. The Kier molecular flexibility index (Phi) is 7.33. The number of hydrogen-bond acceptors (Lipinski definition) is 4. The summed E-state index contributed by atoms with van der Waals surface area (Å²) < 4.78 is 34.0. The van der Waals surface area contributed by atoms with Crippen molar-refractivity contribution in [2.75, 3.05) is 22.8 Å². The Balaban J connectivity index is 1.85. The summed E-state index contributed by atoms with van der Waals surface area (Å²) in [4.78, 5) is 12.8. The van der Waals surface area contributed by atoms with E-state index in [1.165, 1.54) is 12.1 Å². The van der Waals surface area contributed by atoms with Crippen molar-refractivity contribution in [2.24, 2.45) is 0 Å². The Labute approximate surface area is 190 Å². The van der Waals surface area contributed by atoms with Crippen LogP contribution in [-0.4, -0.2) is 27.5 Å². The predicted octanol–water partition coefficient (Wildman–Crippen LogP) is 4.52. The molecule has 0 saturated heterocycles. The van der Waals surface area contributed by atoms with E-state index in [0.29, 0.717) is 23.7 Å². The number of benzene rings is 3. The molecular weight excluding hydrogens is 515 g/mol. The second-order valence-electron chi connectivity index (χ2n) is 6.31. The van der Waals surface area contributed by atoms with E-state index in [4.69, 9.17) is 4.74 Å². The van der Waals surface area contributed by atoms with Crippen LogP contribution in [0.2, 0.25) is 0 Å². The third-order valence-electron chi connectivity index (χ3n) is 4.18. The maximum Gasteiger partial charge on any atom is 0.264 e. The van der Waals surface area contributed by atoms with Gasteiger partial charge in [-0.2, -0.15) is 0 Å². The Bertz CT molecular complexity index is 1090. The first-order chi connectivity index (χ1) is 14.4. The van der Waals surface area contributed by atoms with Crippen molar-refractivity contribution in [1.29, 1.82) is 0 Å². The maximum absolute atomic E-state index is 13.2. The number of carbonyl (C=O) groups is 1. The van der Waals surface area contributed by atoms with Gasteiger partial charge in [0.05, 0.1) is 17.2 Å². The van der Waals surface area contributed by atoms with Crippen LogP contribution in [0.4, 0.5) is 11.4 Å². The molecule has 8 heteroatoms. The Hall–Kier alpha value is -2.59. The van der Waals surface area contributed by atoms with Crippen molar-refractivity contribution < 1.29 is 17.9 Å². The summed E-state index contributed by atoms with van der Waals surface area (Å²) in [6.07, 6.45) is 0. The zero-order valence-electron chi connectivity index (χ0n) is 16.3. The summed E-state index contributed by atoms with van der Waals surface area (Å²) in [7, 11) is -3.92. The van der Waals surface area contributed by atoms with E-state index >= 15 is 0 Å². The predicted molar refractivity (Wildman–Crippen MR) is 126 cm³/mol. The van der Waals surface area contributed by atoms with Gasteiger partial charge in [-0.05, 0) is 90.2 Å². The highest BCUT2D eigenvalue weighted by Crippen LogP contribution is 2.25. The zero-order valence-corrected chi connectivity index (χ0v) is 19.3. The summed E-state index contributed by atoms with van der Waals surface area (Å²) >= 11 is 2.14. The number of hydrogen-bond donors (Lipinski definition) is 1. The van der Waals surface area contributed by atoms with Crippen molar-refractivity contribution in [3.63, 3.8) is 0 Å². The molecule has 0 spiro atoms. The number of carbonyl (C=O) groups excluding carboxylic acids is 1. The van der Waals surface area contributed by atoms with Crippen molar-refractivity contribution >= 4 is 49.9 Å². The highest BCUT2D eigenvalue weighted by molar-refractivity contribution is 14.1. The topological polar surface area (TPSA) is 75.7 Å². The summed E-state index contributed by atoms with van der Waals surface area (Å²) in [5, 5.41) is 2.74. The van der Waals surface area contributed by atoms with Crippen molar-refractivity contribution in [3.8, 4) is 5.75 Å². The molecule has 1 N–H and O–H groups in total. The summed E-state index contributed by atoms with van der Waals surface area (Å²) in [5.74, 6) is 0.250. The van der Waals surface area contributed by atoms with Gasteiger partial charge in [-0.15, -0.1) is 0 Å². The van der Waals surface area contributed by atoms with Gasteiger partial charge < -0.3 is 10.1 Å². The lowest BCUT2D eigenvalue weighted by Crippen LogP contribution is -2.38. The number of amides is 1. The largest absolute Gasteiger partial charge is 0.494 e. The molecule has 0 aliphatic carbocycles. The molecule has 0 bridgehead atoms. The zero-order chi connectivity index (χ0) is 21.6. The molecule has 1 amide bonds. The molecule has 0 unspecified atom stereocenters. The van der Waals surface area contributed by atoms with Gasteiger partial charge in [0.2, 0.25) is 5.91 Å². The highest BCUT2D eigenvalue weighted by atomic mass is 127. The highest BCUT2D eigenvalue weighted by Gasteiger charge is 2.27. The molecule has 0 saturated carbocycles. The Morgan fingerprint density at radius 1 is 0.967 bits per heavy atom. The number of anilines is 2. The van der Waals surface area contributed by atoms with Crippen LogP contribution in [0.5, 0.6) is 5.75 Å². The summed E-state index contributed by atoms with van der Waals surface area (Å²) in [6, 6.07) is 22.0. The van der Waals surface area contributed by atoms with Crippen LogP contribution in [0.3, 0.4) is 0 Å². The molecule has 156 valence electrons. The van der Waals surface area contributed by atoms with Crippen molar-refractivity contribution in [3.05, 3.63) is 82.4 Å². The molecule has 3 aromatic rings. The number of halogens is 1. The lowest BCUT2D eigenvalue weighted by Gasteiger charge is -2.24. The molecule has 0 aliphatic heterocycles. The second kappa shape index (κ2) is 9.94. The van der Waals surface area contributed by atoms with Crippen LogP contribution in [0, 0.1) is 3.57 Å². The van der Waals surface area contributed by atoms with Crippen molar-refractivity contribution in [1.82, 2.24) is 0 Å². The summed E-state index contributed by atoms with van der Waals surface area (Å²) in [5.41, 5.74) is 0.976. The van der Waals surface area contributed by atoms with E-state index in [9.17, 15) is 13.2 Å². The van der Waals surface area contributed by atoms with Crippen LogP contribution in [0.15, 0.2) is 83.8 Å². The molecule has 0 atom stereocenters. The average molecular weight is 536 g/mol. The van der Waals surface area contributed by atoms with E-state index in [1.807, 2.05) is 6.92 Å². The minimum absolute atomic E-state index is 0.123. The van der Waals surface area contributed by atoms with Gasteiger partial charge in [0.15, 0.2) is 0 Å². The lowest BCUT2D eigenvalue weighted by atomic mass is 10.3. The number of nitrogens with zero attached hydrogens (tertiary/aromatic N) is 1. The van der Waals surface area contributed by atoms with Gasteiger partial charge in [-0.25, -0.2) is 8.42 Å². The van der Waals surface area contributed by atoms with Crippen LogP contribution in [-0.2, 0) is 14.8 Å².